The van der Waals surface area contributed by atoms with Gasteiger partial charge in [0, 0.05) is 37.1 Å². The van der Waals surface area contributed by atoms with Gasteiger partial charge < -0.3 is 5.01 Å². The zero-order chi connectivity index (χ0) is 15.7. The highest BCUT2D eigenvalue weighted by Crippen LogP contribution is 2.29. The molecule has 4 rings (SSSR count). The van der Waals surface area contributed by atoms with Gasteiger partial charge in [0.25, 0.3) is 0 Å². The second-order valence-electron chi connectivity index (χ2n) is 4.78. The Morgan fingerprint density at radius 3 is 2.73 bits per heavy atom. The number of hydrogen-bond donors (Lipinski definition) is 2. The summed E-state index contributed by atoms with van der Waals surface area (Å²) in [6.45, 7) is 4.67. The first-order valence-corrected chi connectivity index (χ1v) is 7.21. The number of aromatic nitrogens is 4. The minimum atomic E-state index is -0.739. The molecule has 2 aromatic heterocycles. The molecule has 2 aliphatic rings. The lowest BCUT2D eigenvalue weighted by Gasteiger charge is -2.22. The molecule has 0 amide bonds. The van der Waals surface area contributed by atoms with Crippen LogP contribution in [0.25, 0.3) is 11.3 Å². The molecule has 0 spiro atoms. The lowest BCUT2D eigenvalue weighted by atomic mass is 10.0. The third-order valence-corrected chi connectivity index (χ3v) is 3.42. The number of rotatable bonds is 1. The SMILES string of the molecule is CC.CN1C=C2c3cn(-c4cnc(F)nc4)nc3CNC2N1. The van der Waals surface area contributed by atoms with Crippen LogP contribution in [0.1, 0.15) is 25.1 Å². The van der Waals surface area contributed by atoms with Crippen LogP contribution in [-0.2, 0) is 6.54 Å². The van der Waals surface area contributed by atoms with E-state index in [1.807, 2.05) is 38.3 Å². The highest BCUT2D eigenvalue weighted by Gasteiger charge is 2.30. The van der Waals surface area contributed by atoms with Crippen LogP contribution in [0.3, 0.4) is 0 Å². The minimum Gasteiger partial charge on any atom is -0.317 e. The van der Waals surface area contributed by atoms with Crippen molar-refractivity contribution in [2.75, 3.05) is 7.05 Å². The summed E-state index contributed by atoms with van der Waals surface area (Å²) in [4.78, 5) is 7.10. The second-order valence-corrected chi connectivity index (χ2v) is 4.78. The van der Waals surface area contributed by atoms with Gasteiger partial charge >= 0.3 is 6.08 Å². The first kappa shape index (κ1) is 14.6. The molecule has 1 atom stereocenters. The van der Waals surface area contributed by atoms with Crippen LogP contribution in [0.2, 0.25) is 0 Å². The number of hydrazine groups is 1. The molecule has 2 N–H and O–H groups in total. The molecule has 0 saturated heterocycles. The van der Waals surface area contributed by atoms with Crippen LogP contribution >= 0.6 is 0 Å². The van der Waals surface area contributed by atoms with E-state index in [-0.39, 0.29) is 6.17 Å². The molecule has 22 heavy (non-hydrogen) atoms. The lowest BCUT2D eigenvalue weighted by Crippen LogP contribution is -2.45. The molecule has 1 unspecified atom stereocenters. The van der Waals surface area contributed by atoms with Gasteiger partial charge in [-0.1, -0.05) is 13.8 Å². The van der Waals surface area contributed by atoms with Crippen LogP contribution in [0, 0.1) is 6.08 Å². The Labute approximate surface area is 127 Å². The summed E-state index contributed by atoms with van der Waals surface area (Å²) in [5, 5.41) is 9.77. The lowest BCUT2D eigenvalue weighted by molar-refractivity contribution is 0.304. The fourth-order valence-electron chi connectivity index (χ4n) is 2.51. The summed E-state index contributed by atoms with van der Waals surface area (Å²) in [5.41, 5.74) is 7.08. The topological polar surface area (TPSA) is 70.9 Å². The van der Waals surface area contributed by atoms with Crippen molar-refractivity contribution in [1.82, 2.24) is 35.5 Å². The molecule has 2 aliphatic heterocycles. The number of nitrogens with one attached hydrogen (secondary N) is 2. The molecule has 7 nitrogen and oxygen atoms in total. The highest BCUT2D eigenvalue weighted by atomic mass is 19.1. The zero-order valence-corrected chi connectivity index (χ0v) is 12.7. The quantitative estimate of drug-likeness (QED) is 0.767. The van der Waals surface area contributed by atoms with Crippen LogP contribution in [0.5, 0.6) is 0 Å². The van der Waals surface area contributed by atoms with Crippen LogP contribution in [-0.4, -0.2) is 38.0 Å². The molecule has 0 bridgehead atoms. The van der Waals surface area contributed by atoms with Crippen molar-refractivity contribution < 1.29 is 4.39 Å². The molecular formula is C14H18FN7. The number of halogens is 1. The Kier molecular flexibility index (Phi) is 3.86. The van der Waals surface area contributed by atoms with Gasteiger partial charge in [0.1, 0.15) is 11.9 Å². The Hall–Kier alpha value is -2.32. The maximum absolute atomic E-state index is 12.8. The predicted molar refractivity (Wildman–Crippen MR) is 80.0 cm³/mol. The van der Waals surface area contributed by atoms with Crippen molar-refractivity contribution in [2.45, 2.75) is 26.6 Å². The van der Waals surface area contributed by atoms with Gasteiger partial charge in [-0.25, -0.2) is 20.1 Å². The number of fused-ring (bicyclic) bond motifs is 3. The van der Waals surface area contributed by atoms with Gasteiger partial charge in [-0.2, -0.15) is 9.49 Å². The molecule has 0 radical (unpaired) electrons. The second kappa shape index (κ2) is 5.82. The monoisotopic (exact) mass is 303 g/mol. The molecular weight excluding hydrogens is 285 g/mol. The van der Waals surface area contributed by atoms with E-state index in [0.29, 0.717) is 12.2 Å². The van der Waals surface area contributed by atoms with Crippen LogP contribution in [0.4, 0.5) is 4.39 Å². The van der Waals surface area contributed by atoms with E-state index in [2.05, 4.69) is 25.8 Å². The van der Waals surface area contributed by atoms with Gasteiger partial charge in [-0.3, -0.25) is 5.32 Å². The smallest absolute Gasteiger partial charge is 0.308 e. The molecule has 4 heterocycles. The summed E-state index contributed by atoms with van der Waals surface area (Å²) in [5.74, 6) is 0. The van der Waals surface area contributed by atoms with E-state index < -0.39 is 6.08 Å². The Morgan fingerprint density at radius 2 is 2.00 bits per heavy atom. The van der Waals surface area contributed by atoms with Gasteiger partial charge in [-0.05, 0) is 0 Å². The van der Waals surface area contributed by atoms with Gasteiger partial charge in [0.2, 0.25) is 0 Å². The van der Waals surface area contributed by atoms with E-state index >= 15 is 0 Å². The molecule has 0 aliphatic carbocycles. The number of nitrogens with zero attached hydrogens (tertiary/aromatic N) is 5. The van der Waals surface area contributed by atoms with Crippen molar-refractivity contribution >= 4 is 5.57 Å². The Bertz CT molecular complexity index is 692. The standard InChI is InChI=1S/C12H12FN7.C2H6/c1-19-5-9-8-6-20(7-2-15-12(13)16-3-7)17-10(8)4-14-11(9)18-19;1-2/h2-3,5-6,11,14,18H,4H2,1H3;1-2H3. The van der Waals surface area contributed by atoms with Gasteiger partial charge in [0.05, 0.1) is 18.1 Å². The average Bonchev–Trinajstić information content (AvgIpc) is 3.12. The summed E-state index contributed by atoms with van der Waals surface area (Å²) in [6.07, 6.45) is 6.15. The average molecular weight is 303 g/mol. The normalized spacial score (nSPS) is 19.0. The van der Waals surface area contributed by atoms with Crippen LogP contribution < -0.4 is 10.7 Å². The predicted octanol–water partition coefficient (Wildman–Crippen LogP) is 1.05. The summed E-state index contributed by atoms with van der Waals surface area (Å²) in [7, 11) is 1.95. The fourth-order valence-corrected chi connectivity index (χ4v) is 2.51. The molecule has 8 heteroatoms. The van der Waals surface area contributed by atoms with E-state index in [4.69, 9.17) is 0 Å². The number of hydrogen-bond acceptors (Lipinski definition) is 6. The first-order valence-electron chi connectivity index (χ1n) is 7.21. The molecule has 0 saturated carbocycles. The Morgan fingerprint density at radius 1 is 1.27 bits per heavy atom. The Balaban J connectivity index is 0.000000693. The summed E-state index contributed by atoms with van der Waals surface area (Å²) >= 11 is 0. The molecule has 0 aromatic carbocycles. The summed E-state index contributed by atoms with van der Waals surface area (Å²) < 4.78 is 14.4. The molecule has 2 aromatic rings. The van der Waals surface area contributed by atoms with E-state index in [0.717, 1.165) is 16.8 Å². The van der Waals surface area contributed by atoms with Gasteiger partial charge in [-0.15, -0.1) is 0 Å². The van der Waals surface area contributed by atoms with Gasteiger partial charge in [0.15, 0.2) is 0 Å². The summed E-state index contributed by atoms with van der Waals surface area (Å²) in [6, 6.07) is 0. The van der Waals surface area contributed by atoms with Crippen molar-refractivity contribution in [1.29, 1.82) is 0 Å². The first-order chi connectivity index (χ1) is 10.7. The van der Waals surface area contributed by atoms with Crippen molar-refractivity contribution in [3.8, 4) is 5.69 Å². The minimum absolute atomic E-state index is 0.106. The van der Waals surface area contributed by atoms with E-state index in [1.54, 1.807) is 4.68 Å². The third-order valence-electron chi connectivity index (χ3n) is 3.42. The highest BCUT2D eigenvalue weighted by molar-refractivity contribution is 5.73. The largest absolute Gasteiger partial charge is 0.317 e. The molecule has 116 valence electrons. The van der Waals surface area contributed by atoms with Crippen molar-refractivity contribution in [3.63, 3.8) is 0 Å². The molecule has 0 fully saturated rings. The van der Waals surface area contributed by atoms with Crippen LogP contribution in [0.15, 0.2) is 24.8 Å². The fraction of sp³-hybridized carbons (Fsp3) is 0.357. The maximum atomic E-state index is 12.8. The van der Waals surface area contributed by atoms with E-state index in [1.165, 1.54) is 12.4 Å². The maximum Gasteiger partial charge on any atom is 0.308 e. The third kappa shape index (κ3) is 2.46. The zero-order valence-electron chi connectivity index (χ0n) is 12.7. The van der Waals surface area contributed by atoms with Crippen molar-refractivity contribution in [3.05, 3.63) is 42.1 Å². The van der Waals surface area contributed by atoms with E-state index in [9.17, 15) is 4.39 Å². The van der Waals surface area contributed by atoms with Crippen molar-refractivity contribution in [2.24, 2.45) is 0 Å².